The van der Waals surface area contributed by atoms with Gasteiger partial charge in [-0.1, -0.05) is 11.6 Å². The molecule has 2 aromatic rings. The number of ether oxygens (including phenoxy) is 1. The maximum Gasteiger partial charge on any atom is 0.325 e. The highest BCUT2D eigenvalue weighted by Crippen LogP contribution is 2.30. The number of nitrogens with two attached hydrogens (primary N) is 1. The molecule has 1 atom stereocenters. The van der Waals surface area contributed by atoms with E-state index in [-0.39, 0.29) is 18.5 Å². The van der Waals surface area contributed by atoms with E-state index < -0.39 is 12.0 Å². The fourth-order valence-corrected chi connectivity index (χ4v) is 4.64. The summed E-state index contributed by atoms with van der Waals surface area (Å²) in [6.07, 6.45) is 2.12. The van der Waals surface area contributed by atoms with E-state index in [2.05, 4.69) is 19.9 Å². The third-order valence-electron chi connectivity index (χ3n) is 6.30. The molecular formula is C23H29ClN6O4. The lowest BCUT2D eigenvalue weighted by molar-refractivity contribution is -0.147. The molecular weight excluding hydrogens is 460 g/mol. The van der Waals surface area contributed by atoms with Gasteiger partial charge in [-0.15, -0.1) is 0 Å². The van der Waals surface area contributed by atoms with Gasteiger partial charge in [-0.25, -0.2) is 9.78 Å². The number of hydrogen-bond donors (Lipinski definition) is 2. The van der Waals surface area contributed by atoms with E-state index in [1.165, 1.54) is 12.0 Å². The molecule has 11 heteroatoms. The first-order chi connectivity index (χ1) is 16.4. The van der Waals surface area contributed by atoms with Gasteiger partial charge >= 0.3 is 12.0 Å². The van der Waals surface area contributed by atoms with E-state index in [1.54, 1.807) is 11.0 Å². The number of amides is 3. The molecule has 182 valence electrons. The standard InChI is InChI=1S/C23H29ClN6O4/c1-34-21(31)14-30-7-3-2-4-17(22(30)32)27-23(33)29-10-8-28(9-11-29)19-13-20(25)26-18-12-15(24)5-6-16(18)19/h5-6,12-13,17H,2-4,7-11,14H2,1H3,(H2,25,26)(H,27,33)/t17-/m0/s1. The first kappa shape index (κ1) is 23.9. The Morgan fingerprint density at radius 3 is 2.68 bits per heavy atom. The van der Waals surface area contributed by atoms with Crippen LogP contribution >= 0.6 is 11.6 Å². The number of aromatic nitrogens is 1. The Balaban J connectivity index is 1.39. The van der Waals surface area contributed by atoms with Crippen molar-refractivity contribution in [2.24, 2.45) is 0 Å². The number of hydrogen-bond acceptors (Lipinski definition) is 7. The maximum absolute atomic E-state index is 12.9. The third-order valence-corrected chi connectivity index (χ3v) is 6.54. The Hall–Kier alpha value is -3.27. The lowest BCUT2D eigenvalue weighted by Crippen LogP contribution is -2.56. The zero-order chi connectivity index (χ0) is 24.2. The van der Waals surface area contributed by atoms with Gasteiger partial charge in [0.25, 0.3) is 0 Å². The number of carbonyl (C=O) groups excluding carboxylic acids is 3. The predicted molar refractivity (Wildman–Crippen MR) is 130 cm³/mol. The van der Waals surface area contributed by atoms with Gasteiger partial charge in [0.15, 0.2) is 0 Å². The molecule has 4 rings (SSSR count). The van der Waals surface area contributed by atoms with Gasteiger partial charge in [0, 0.05) is 54.9 Å². The Morgan fingerprint density at radius 1 is 1.18 bits per heavy atom. The van der Waals surface area contributed by atoms with Crippen molar-refractivity contribution in [3.8, 4) is 0 Å². The number of nitrogen functional groups attached to an aromatic ring is 1. The maximum atomic E-state index is 12.9. The van der Waals surface area contributed by atoms with Crippen LogP contribution in [0.25, 0.3) is 10.9 Å². The van der Waals surface area contributed by atoms with Crippen molar-refractivity contribution < 1.29 is 19.1 Å². The SMILES string of the molecule is COC(=O)CN1CCCC[C@H](NC(=O)N2CCN(c3cc(N)nc4cc(Cl)ccc34)CC2)C1=O. The number of urea groups is 1. The number of likely N-dealkylation sites (tertiary alicyclic amines) is 1. The fraction of sp³-hybridized carbons (Fsp3) is 0.478. The van der Waals surface area contributed by atoms with Crippen LogP contribution in [0.2, 0.25) is 5.02 Å². The third kappa shape index (κ3) is 5.27. The van der Waals surface area contributed by atoms with Crippen LogP contribution in [0.15, 0.2) is 24.3 Å². The molecule has 2 aliphatic heterocycles. The summed E-state index contributed by atoms with van der Waals surface area (Å²) in [7, 11) is 1.29. The summed E-state index contributed by atoms with van der Waals surface area (Å²) in [6, 6.07) is 6.45. The molecule has 0 aliphatic carbocycles. The van der Waals surface area contributed by atoms with Crippen LogP contribution in [0, 0.1) is 0 Å². The average Bonchev–Trinajstić information content (AvgIpc) is 2.99. The van der Waals surface area contributed by atoms with Crippen LogP contribution in [0.1, 0.15) is 19.3 Å². The number of pyridine rings is 1. The molecule has 0 saturated carbocycles. The van der Waals surface area contributed by atoms with E-state index in [1.807, 2.05) is 18.2 Å². The molecule has 0 radical (unpaired) electrons. The lowest BCUT2D eigenvalue weighted by atomic mass is 10.1. The normalized spacial score (nSPS) is 19.2. The topological polar surface area (TPSA) is 121 Å². The fourth-order valence-electron chi connectivity index (χ4n) is 4.47. The second-order valence-electron chi connectivity index (χ2n) is 8.54. The number of benzene rings is 1. The number of piperazine rings is 1. The van der Waals surface area contributed by atoms with Gasteiger partial charge in [0.1, 0.15) is 18.4 Å². The van der Waals surface area contributed by atoms with E-state index in [0.717, 1.165) is 29.4 Å². The molecule has 34 heavy (non-hydrogen) atoms. The summed E-state index contributed by atoms with van der Waals surface area (Å²) >= 11 is 6.11. The molecule has 0 bridgehead atoms. The van der Waals surface area contributed by atoms with Crippen LogP contribution in [0.5, 0.6) is 0 Å². The number of esters is 1. The minimum absolute atomic E-state index is 0.103. The Kier molecular flexibility index (Phi) is 7.26. The smallest absolute Gasteiger partial charge is 0.325 e. The molecule has 3 amide bonds. The van der Waals surface area contributed by atoms with Crippen molar-refractivity contribution in [1.82, 2.24) is 20.1 Å². The van der Waals surface area contributed by atoms with Gasteiger partial charge in [0.2, 0.25) is 5.91 Å². The van der Waals surface area contributed by atoms with Crippen molar-refractivity contribution >= 4 is 51.9 Å². The average molecular weight is 489 g/mol. The molecule has 3 N–H and O–H groups in total. The molecule has 0 spiro atoms. The van der Waals surface area contributed by atoms with Crippen LogP contribution in [-0.4, -0.2) is 85.1 Å². The predicted octanol–water partition coefficient (Wildman–Crippen LogP) is 1.86. The second kappa shape index (κ2) is 10.3. The zero-order valence-corrected chi connectivity index (χ0v) is 19.9. The van der Waals surface area contributed by atoms with Crippen molar-refractivity contribution in [3.63, 3.8) is 0 Å². The minimum Gasteiger partial charge on any atom is -0.468 e. The second-order valence-corrected chi connectivity index (χ2v) is 8.97. The van der Waals surface area contributed by atoms with Crippen LogP contribution in [0.3, 0.4) is 0 Å². The van der Waals surface area contributed by atoms with Crippen LogP contribution in [-0.2, 0) is 14.3 Å². The number of fused-ring (bicyclic) bond motifs is 1. The number of nitrogens with zero attached hydrogens (tertiary/aromatic N) is 4. The largest absolute Gasteiger partial charge is 0.468 e. The molecule has 3 heterocycles. The quantitative estimate of drug-likeness (QED) is 0.630. The molecule has 2 aliphatic rings. The number of rotatable bonds is 4. The number of halogens is 1. The van der Waals surface area contributed by atoms with Gasteiger partial charge in [-0.2, -0.15) is 0 Å². The highest BCUT2D eigenvalue weighted by atomic mass is 35.5. The first-order valence-corrected chi connectivity index (χ1v) is 11.8. The van der Waals surface area contributed by atoms with Gasteiger partial charge in [-0.3, -0.25) is 9.59 Å². The summed E-state index contributed by atoms with van der Waals surface area (Å²) < 4.78 is 4.69. The van der Waals surface area contributed by atoms with Gasteiger partial charge in [0.05, 0.1) is 12.6 Å². The minimum atomic E-state index is -0.647. The van der Waals surface area contributed by atoms with Crippen LogP contribution in [0.4, 0.5) is 16.3 Å². The summed E-state index contributed by atoms with van der Waals surface area (Å²) in [5, 5.41) is 4.42. The summed E-state index contributed by atoms with van der Waals surface area (Å²) in [5.41, 5.74) is 7.70. The number of anilines is 2. The number of methoxy groups -OCH3 is 1. The van der Waals surface area contributed by atoms with E-state index in [4.69, 9.17) is 17.3 Å². The molecule has 10 nitrogen and oxygen atoms in total. The number of nitrogens with one attached hydrogen (secondary N) is 1. The lowest BCUT2D eigenvalue weighted by Gasteiger charge is -2.37. The summed E-state index contributed by atoms with van der Waals surface area (Å²) in [6.45, 7) is 2.59. The van der Waals surface area contributed by atoms with E-state index >= 15 is 0 Å². The van der Waals surface area contributed by atoms with Crippen molar-refractivity contribution in [1.29, 1.82) is 0 Å². The highest BCUT2D eigenvalue weighted by molar-refractivity contribution is 6.31. The first-order valence-electron chi connectivity index (χ1n) is 11.4. The molecule has 1 aromatic carbocycles. The Bertz CT molecular complexity index is 1080. The van der Waals surface area contributed by atoms with Gasteiger partial charge in [-0.05, 0) is 37.5 Å². The van der Waals surface area contributed by atoms with Crippen molar-refractivity contribution in [3.05, 3.63) is 29.3 Å². The molecule has 2 fully saturated rings. The summed E-state index contributed by atoms with van der Waals surface area (Å²) in [5.74, 6) is -0.302. The van der Waals surface area contributed by atoms with E-state index in [9.17, 15) is 14.4 Å². The van der Waals surface area contributed by atoms with Crippen molar-refractivity contribution in [2.45, 2.75) is 25.3 Å². The molecule has 2 saturated heterocycles. The van der Waals surface area contributed by atoms with Crippen molar-refractivity contribution in [2.75, 3.05) is 57.0 Å². The zero-order valence-electron chi connectivity index (χ0n) is 19.1. The van der Waals surface area contributed by atoms with Gasteiger partial charge < -0.3 is 30.5 Å². The van der Waals surface area contributed by atoms with E-state index in [0.29, 0.717) is 50.0 Å². The Morgan fingerprint density at radius 2 is 1.94 bits per heavy atom. The number of carbonyl (C=O) groups is 3. The van der Waals surface area contributed by atoms with Crippen LogP contribution < -0.4 is 16.0 Å². The molecule has 0 unspecified atom stereocenters. The monoisotopic (exact) mass is 488 g/mol. The Labute approximate surface area is 203 Å². The highest BCUT2D eigenvalue weighted by Gasteiger charge is 2.31. The molecule has 1 aromatic heterocycles. The summed E-state index contributed by atoms with van der Waals surface area (Å²) in [4.78, 5) is 47.2.